The highest BCUT2D eigenvalue weighted by Gasteiger charge is 2.64. The molecule has 0 amide bonds. The molecule has 0 aromatic heterocycles. The van der Waals surface area contributed by atoms with E-state index < -0.39 is 72.7 Å². The molecular weight excluding hydrogens is 412 g/mol. The standard InChI is InChI=1S/C21H34O10/c1-20(2,28)12-11-9-5-4-8(21(9,3)17(26)16(12)31-18(11)27)7-29-19-15(25)14(24)13(23)10(6-22)30-19/h8,10,12-19,22-28H,4-7H2,1-3H3/t8-,10?,12-,13?,14?,15?,16?,17+,18?,19?,21-/m0/s1. The fourth-order valence-electron chi connectivity index (χ4n) is 6.03. The maximum Gasteiger partial charge on any atom is 0.186 e. The number of fused-ring (bicyclic) bond motifs is 3. The average Bonchev–Trinajstić information content (AvgIpc) is 3.20. The lowest BCUT2D eigenvalue weighted by Gasteiger charge is -2.47. The van der Waals surface area contributed by atoms with Crippen molar-refractivity contribution in [3.63, 3.8) is 0 Å². The SMILES string of the molecule is CC(C)(O)[C@H]1C2=C3CC[C@@H](COC4OC(CO)C(O)C(O)C4O)[C@]3(C)[C@H](O)C1OC2O. The Morgan fingerprint density at radius 3 is 2.35 bits per heavy atom. The number of aliphatic hydroxyl groups is 7. The van der Waals surface area contributed by atoms with Crippen molar-refractivity contribution in [3.8, 4) is 0 Å². The van der Waals surface area contributed by atoms with Gasteiger partial charge in [0.15, 0.2) is 12.6 Å². The topological polar surface area (TPSA) is 169 Å². The average molecular weight is 446 g/mol. The lowest BCUT2D eigenvalue weighted by molar-refractivity contribution is -0.305. The number of rotatable bonds is 5. The van der Waals surface area contributed by atoms with E-state index in [0.29, 0.717) is 18.4 Å². The second-order valence-electron chi connectivity index (χ2n) is 10.0. The smallest absolute Gasteiger partial charge is 0.186 e. The summed E-state index contributed by atoms with van der Waals surface area (Å²) in [6.45, 7) is 4.68. The molecule has 2 aliphatic heterocycles. The Morgan fingerprint density at radius 1 is 1.06 bits per heavy atom. The lowest BCUT2D eigenvalue weighted by atomic mass is 9.61. The van der Waals surface area contributed by atoms with E-state index in [1.165, 1.54) is 0 Å². The van der Waals surface area contributed by atoms with Crippen molar-refractivity contribution in [2.75, 3.05) is 13.2 Å². The van der Waals surface area contributed by atoms with Crippen LogP contribution in [0.15, 0.2) is 11.1 Å². The van der Waals surface area contributed by atoms with Crippen molar-refractivity contribution >= 4 is 0 Å². The molecule has 3 fully saturated rings. The van der Waals surface area contributed by atoms with Gasteiger partial charge in [-0.05, 0) is 38.2 Å². The Balaban J connectivity index is 1.55. The van der Waals surface area contributed by atoms with Crippen LogP contribution in [0.2, 0.25) is 0 Å². The Morgan fingerprint density at radius 2 is 1.74 bits per heavy atom. The Bertz CT molecular complexity index is 717. The number of ether oxygens (including phenoxy) is 3. The lowest BCUT2D eigenvalue weighted by Crippen LogP contribution is -2.59. The quantitative estimate of drug-likeness (QED) is 0.234. The number of aliphatic hydroxyl groups excluding tert-OH is 6. The number of hydrogen-bond acceptors (Lipinski definition) is 10. The Kier molecular flexibility index (Phi) is 6.05. The summed E-state index contributed by atoms with van der Waals surface area (Å²) in [5.41, 5.74) is -0.471. The van der Waals surface area contributed by atoms with E-state index in [1.807, 2.05) is 6.92 Å². The van der Waals surface area contributed by atoms with Crippen LogP contribution in [0, 0.1) is 17.3 Å². The van der Waals surface area contributed by atoms with E-state index in [0.717, 1.165) is 5.57 Å². The van der Waals surface area contributed by atoms with Gasteiger partial charge in [0.25, 0.3) is 0 Å². The summed E-state index contributed by atoms with van der Waals surface area (Å²) in [5.74, 6) is -0.732. The van der Waals surface area contributed by atoms with Crippen LogP contribution < -0.4 is 0 Å². The summed E-state index contributed by atoms with van der Waals surface area (Å²) >= 11 is 0. The molecule has 0 aromatic rings. The highest BCUT2D eigenvalue weighted by atomic mass is 16.7. The van der Waals surface area contributed by atoms with Crippen LogP contribution >= 0.6 is 0 Å². The molecule has 2 saturated heterocycles. The minimum atomic E-state index is -1.53. The summed E-state index contributed by atoms with van der Waals surface area (Å²) in [6, 6.07) is 0. The fourth-order valence-corrected chi connectivity index (χ4v) is 6.03. The van der Waals surface area contributed by atoms with Gasteiger partial charge in [-0.15, -0.1) is 0 Å². The molecule has 0 radical (unpaired) electrons. The molecule has 31 heavy (non-hydrogen) atoms. The summed E-state index contributed by atoms with van der Waals surface area (Å²) < 4.78 is 16.8. The molecule has 0 spiro atoms. The molecule has 2 bridgehead atoms. The third-order valence-electron chi connectivity index (χ3n) is 7.80. The van der Waals surface area contributed by atoms with Crippen LogP contribution in [0.3, 0.4) is 0 Å². The van der Waals surface area contributed by atoms with Crippen molar-refractivity contribution in [3.05, 3.63) is 11.1 Å². The van der Waals surface area contributed by atoms with Crippen LogP contribution in [-0.4, -0.2) is 104 Å². The third kappa shape index (κ3) is 3.48. The van der Waals surface area contributed by atoms with E-state index >= 15 is 0 Å². The van der Waals surface area contributed by atoms with E-state index in [1.54, 1.807) is 13.8 Å². The second-order valence-corrected chi connectivity index (χ2v) is 10.0. The van der Waals surface area contributed by atoms with Gasteiger partial charge in [-0.25, -0.2) is 0 Å². The molecule has 0 aromatic carbocycles. The minimum Gasteiger partial charge on any atom is -0.394 e. The first kappa shape index (κ1) is 23.5. The van der Waals surface area contributed by atoms with Gasteiger partial charge in [-0.1, -0.05) is 12.5 Å². The highest BCUT2D eigenvalue weighted by Crippen LogP contribution is 2.61. The van der Waals surface area contributed by atoms with Crippen molar-refractivity contribution in [1.29, 1.82) is 0 Å². The summed E-state index contributed by atoms with van der Waals surface area (Å²) in [4.78, 5) is 0. The van der Waals surface area contributed by atoms with E-state index in [2.05, 4.69) is 0 Å². The molecule has 11 atom stereocenters. The van der Waals surface area contributed by atoms with Crippen molar-refractivity contribution in [2.24, 2.45) is 17.3 Å². The van der Waals surface area contributed by atoms with Gasteiger partial charge >= 0.3 is 0 Å². The van der Waals surface area contributed by atoms with Gasteiger partial charge in [0.1, 0.15) is 24.4 Å². The van der Waals surface area contributed by atoms with Crippen LogP contribution in [-0.2, 0) is 14.2 Å². The molecule has 4 rings (SSSR count). The molecule has 7 N–H and O–H groups in total. The van der Waals surface area contributed by atoms with Gasteiger partial charge in [0.05, 0.1) is 31.0 Å². The maximum absolute atomic E-state index is 11.3. The van der Waals surface area contributed by atoms with Gasteiger partial charge in [0.2, 0.25) is 0 Å². The molecule has 4 aliphatic rings. The first-order chi connectivity index (χ1) is 14.4. The molecule has 2 aliphatic carbocycles. The normalized spacial score (nSPS) is 50.1. The van der Waals surface area contributed by atoms with Gasteiger partial charge in [-0.3, -0.25) is 0 Å². The summed E-state index contributed by atoms with van der Waals surface area (Å²) in [7, 11) is 0. The molecule has 178 valence electrons. The minimum absolute atomic E-state index is 0.0725. The molecule has 1 saturated carbocycles. The molecule has 7 unspecified atom stereocenters. The summed E-state index contributed by atoms with van der Waals surface area (Å²) in [5, 5.41) is 71.9. The summed E-state index contributed by atoms with van der Waals surface area (Å²) in [6.07, 6.45) is -8.52. The maximum atomic E-state index is 11.3. The monoisotopic (exact) mass is 446 g/mol. The van der Waals surface area contributed by atoms with E-state index in [9.17, 15) is 35.7 Å². The number of hydrogen-bond donors (Lipinski definition) is 7. The molecule has 2 heterocycles. The molecule has 10 nitrogen and oxygen atoms in total. The van der Waals surface area contributed by atoms with Crippen LogP contribution in [0.25, 0.3) is 0 Å². The van der Waals surface area contributed by atoms with Crippen molar-refractivity contribution < 1.29 is 50.0 Å². The van der Waals surface area contributed by atoms with E-state index in [-0.39, 0.29) is 12.5 Å². The third-order valence-corrected chi connectivity index (χ3v) is 7.80. The van der Waals surface area contributed by atoms with Crippen LogP contribution in [0.1, 0.15) is 33.6 Å². The highest BCUT2D eigenvalue weighted by molar-refractivity contribution is 5.40. The Labute approximate surface area is 180 Å². The molecular formula is C21H34O10. The zero-order valence-electron chi connectivity index (χ0n) is 18.0. The first-order valence-electron chi connectivity index (χ1n) is 10.8. The predicted molar refractivity (Wildman–Crippen MR) is 104 cm³/mol. The van der Waals surface area contributed by atoms with E-state index in [4.69, 9.17) is 14.2 Å². The zero-order chi connectivity index (χ0) is 22.9. The Hall–Kier alpha value is -0.660. The fraction of sp³-hybridized carbons (Fsp3) is 0.905. The molecule has 10 heteroatoms. The largest absolute Gasteiger partial charge is 0.394 e. The van der Waals surface area contributed by atoms with Crippen LogP contribution in [0.4, 0.5) is 0 Å². The van der Waals surface area contributed by atoms with Crippen molar-refractivity contribution in [1.82, 2.24) is 0 Å². The second kappa shape index (κ2) is 7.98. The van der Waals surface area contributed by atoms with Gasteiger partial charge in [0, 0.05) is 11.3 Å². The van der Waals surface area contributed by atoms with Gasteiger partial charge in [-0.2, -0.15) is 0 Å². The first-order valence-corrected chi connectivity index (χ1v) is 10.8. The zero-order valence-corrected chi connectivity index (χ0v) is 18.0. The van der Waals surface area contributed by atoms with Gasteiger partial charge < -0.3 is 50.0 Å². The van der Waals surface area contributed by atoms with Crippen molar-refractivity contribution in [2.45, 2.75) is 88.4 Å². The van der Waals surface area contributed by atoms with Crippen LogP contribution in [0.5, 0.6) is 0 Å². The predicted octanol–water partition coefficient (Wildman–Crippen LogP) is -2.01.